The van der Waals surface area contributed by atoms with Gasteiger partial charge in [-0.05, 0) is 31.6 Å². The highest BCUT2D eigenvalue weighted by atomic mass is 32.2. The molecular weight excluding hydrogens is 370 g/mol. The minimum Gasteiger partial charge on any atom is -0.357 e. The quantitative estimate of drug-likeness (QED) is 0.539. The number of thiazole rings is 1. The number of nitrogens with zero attached hydrogens (tertiary/aromatic N) is 3. The fraction of sp³-hybridized carbons (Fsp3) is 0.765. The Labute approximate surface area is 161 Å². The Balaban J connectivity index is 1.84. The first-order valence-corrected chi connectivity index (χ1v) is 11.9. The lowest BCUT2D eigenvalue weighted by Crippen LogP contribution is -2.44. The highest BCUT2D eigenvalue weighted by Gasteiger charge is 2.24. The summed E-state index contributed by atoms with van der Waals surface area (Å²) < 4.78 is 24.7. The van der Waals surface area contributed by atoms with E-state index in [-0.39, 0.29) is 0 Å². The number of hydrogen-bond acceptors (Lipinski definition) is 5. The Bertz CT molecular complexity index is 692. The number of nitrogens with one attached hydrogen (secondary N) is 2. The normalized spacial score (nSPS) is 17.7. The molecule has 1 aliphatic heterocycles. The van der Waals surface area contributed by atoms with Crippen molar-refractivity contribution in [3.05, 3.63) is 16.1 Å². The summed E-state index contributed by atoms with van der Waals surface area (Å²) in [6.45, 7) is 9.71. The molecule has 148 valence electrons. The Morgan fingerprint density at radius 3 is 2.62 bits per heavy atom. The lowest BCUT2D eigenvalue weighted by Gasteiger charge is -2.30. The van der Waals surface area contributed by atoms with Crippen LogP contribution in [-0.4, -0.2) is 56.1 Å². The van der Waals surface area contributed by atoms with Gasteiger partial charge in [-0.25, -0.2) is 22.7 Å². The van der Waals surface area contributed by atoms with Gasteiger partial charge in [0.2, 0.25) is 10.0 Å². The maximum absolute atomic E-state index is 11.6. The van der Waals surface area contributed by atoms with E-state index in [1.54, 1.807) is 15.6 Å². The second kappa shape index (κ2) is 9.66. The molecule has 1 saturated heterocycles. The molecule has 0 aliphatic carbocycles. The molecule has 2 rings (SSSR count). The van der Waals surface area contributed by atoms with Crippen LogP contribution in [0.3, 0.4) is 0 Å². The number of guanidine groups is 1. The molecule has 9 heteroatoms. The van der Waals surface area contributed by atoms with Crippen LogP contribution in [0.1, 0.15) is 50.2 Å². The average molecular weight is 402 g/mol. The van der Waals surface area contributed by atoms with E-state index >= 15 is 0 Å². The van der Waals surface area contributed by atoms with E-state index in [9.17, 15) is 8.42 Å². The van der Waals surface area contributed by atoms with Crippen LogP contribution in [0.5, 0.6) is 0 Å². The molecule has 0 aromatic carbocycles. The topological polar surface area (TPSA) is 86.7 Å². The van der Waals surface area contributed by atoms with Gasteiger partial charge in [-0.3, -0.25) is 0 Å². The van der Waals surface area contributed by atoms with Gasteiger partial charge in [-0.1, -0.05) is 13.8 Å². The molecular formula is C17H31N5O2S2. The van der Waals surface area contributed by atoms with Gasteiger partial charge in [0, 0.05) is 31.6 Å². The van der Waals surface area contributed by atoms with Gasteiger partial charge in [0.05, 0.1) is 18.5 Å². The van der Waals surface area contributed by atoms with E-state index in [0.29, 0.717) is 31.5 Å². The Morgan fingerprint density at radius 1 is 1.38 bits per heavy atom. The molecule has 0 spiro atoms. The predicted octanol–water partition coefficient (Wildman–Crippen LogP) is 1.99. The van der Waals surface area contributed by atoms with Crippen molar-refractivity contribution in [2.24, 2.45) is 10.9 Å². The molecule has 0 bridgehead atoms. The van der Waals surface area contributed by atoms with Crippen molar-refractivity contribution >= 4 is 27.3 Å². The van der Waals surface area contributed by atoms with Gasteiger partial charge in [0.15, 0.2) is 5.96 Å². The first kappa shape index (κ1) is 21.1. The third kappa shape index (κ3) is 6.51. The van der Waals surface area contributed by atoms with Crippen molar-refractivity contribution in [2.75, 3.05) is 32.4 Å². The van der Waals surface area contributed by atoms with E-state index in [4.69, 9.17) is 0 Å². The van der Waals surface area contributed by atoms with Gasteiger partial charge < -0.3 is 10.6 Å². The summed E-state index contributed by atoms with van der Waals surface area (Å²) in [6.07, 6.45) is 3.04. The van der Waals surface area contributed by atoms with Crippen molar-refractivity contribution < 1.29 is 8.42 Å². The van der Waals surface area contributed by atoms with E-state index in [2.05, 4.69) is 39.8 Å². The molecule has 0 atom stereocenters. The molecule has 7 nitrogen and oxygen atoms in total. The standard InChI is InChI=1S/C17H31N5O2S2/c1-5-18-17(20-11-16-21-15(12-25-16)13(2)3)19-10-14-6-8-22(9-7-14)26(4,23)24/h12-14H,5-11H2,1-4H3,(H2,18,19,20). The first-order valence-electron chi connectivity index (χ1n) is 9.21. The third-order valence-electron chi connectivity index (χ3n) is 4.48. The fourth-order valence-corrected chi connectivity index (χ4v) is 4.59. The molecule has 2 heterocycles. The van der Waals surface area contributed by atoms with Crippen molar-refractivity contribution in [2.45, 2.75) is 46.1 Å². The number of aliphatic imine (C=N–C) groups is 1. The van der Waals surface area contributed by atoms with Crippen LogP contribution in [0.15, 0.2) is 10.4 Å². The van der Waals surface area contributed by atoms with Gasteiger partial charge in [0.1, 0.15) is 5.01 Å². The molecule has 0 radical (unpaired) electrons. The second-order valence-corrected chi connectivity index (χ2v) is 9.93. The van der Waals surface area contributed by atoms with Crippen molar-refractivity contribution in [3.8, 4) is 0 Å². The third-order valence-corrected chi connectivity index (χ3v) is 6.63. The number of hydrogen-bond donors (Lipinski definition) is 2. The molecule has 2 N–H and O–H groups in total. The number of piperidine rings is 1. The number of rotatable bonds is 7. The van der Waals surface area contributed by atoms with Crippen LogP contribution in [0.2, 0.25) is 0 Å². The largest absolute Gasteiger partial charge is 0.357 e. The van der Waals surface area contributed by atoms with Crippen LogP contribution in [-0.2, 0) is 16.6 Å². The van der Waals surface area contributed by atoms with Crippen LogP contribution in [0.4, 0.5) is 0 Å². The van der Waals surface area contributed by atoms with Gasteiger partial charge in [-0.15, -0.1) is 11.3 Å². The fourth-order valence-electron chi connectivity index (χ4n) is 2.84. The van der Waals surface area contributed by atoms with E-state index in [1.165, 1.54) is 6.26 Å². The SMILES string of the molecule is CCNC(=NCc1nc(C(C)C)cs1)NCC1CCN(S(C)(=O)=O)CC1. The Morgan fingerprint density at radius 2 is 2.08 bits per heavy atom. The zero-order valence-corrected chi connectivity index (χ0v) is 17.8. The molecule has 0 saturated carbocycles. The van der Waals surface area contributed by atoms with Crippen LogP contribution in [0, 0.1) is 5.92 Å². The first-order chi connectivity index (χ1) is 12.3. The van der Waals surface area contributed by atoms with E-state index < -0.39 is 10.0 Å². The highest BCUT2D eigenvalue weighted by molar-refractivity contribution is 7.88. The van der Waals surface area contributed by atoms with Gasteiger partial charge in [0.25, 0.3) is 0 Å². The predicted molar refractivity (Wildman–Crippen MR) is 108 cm³/mol. The van der Waals surface area contributed by atoms with Crippen LogP contribution >= 0.6 is 11.3 Å². The molecule has 0 amide bonds. The minimum absolute atomic E-state index is 0.438. The van der Waals surface area contributed by atoms with Gasteiger partial charge >= 0.3 is 0 Å². The molecule has 1 fully saturated rings. The highest BCUT2D eigenvalue weighted by Crippen LogP contribution is 2.19. The average Bonchev–Trinajstić information content (AvgIpc) is 3.06. The molecule has 1 aromatic heterocycles. The maximum Gasteiger partial charge on any atom is 0.211 e. The van der Waals surface area contributed by atoms with Crippen molar-refractivity contribution in [1.29, 1.82) is 0 Å². The summed E-state index contributed by atoms with van der Waals surface area (Å²) in [5.41, 5.74) is 1.12. The summed E-state index contributed by atoms with van der Waals surface area (Å²) in [5, 5.41) is 9.78. The summed E-state index contributed by atoms with van der Waals surface area (Å²) >= 11 is 1.65. The lowest BCUT2D eigenvalue weighted by molar-refractivity contribution is 0.275. The Hall–Kier alpha value is -1.19. The monoisotopic (exact) mass is 401 g/mol. The maximum atomic E-state index is 11.6. The molecule has 26 heavy (non-hydrogen) atoms. The smallest absolute Gasteiger partial charge is 0.211 e. The van der Waals surface area contributed by atoms with E-state index in [0.717, 1.165) is 42.6 Å². The lowest BCUT2D eigenvalue weighted by atomic mass is 9.98. The zero-order chi connectivity index (χ0) is 19.2. The summed E-state index contributed by atoms with van der Waals surface area (Å²) in [5.74, 6) is 1.69. The summed E-state index contributed by atoms with van der Waals surface area (Å²) in [7, 11) is -3.06. The summed E-state index contributed by atoms with van der Waals surface area (Å²) in [6, 6.07) is 0. The summed E-state index contributed by atoms with van der Waals surface area (Å²) in [4.78, 5) is 9.25. The zero-order valence-electron chi connectivity index (χ0n) is 16.2. The Kier molecular flexibility index (Phi) is 7.85. The molecule has 0 unspecified atom stereocenters. The van der Waals surface area contributed by atoms with Crippen molar-refractivity contribution in [1.82, 2.24) is 19.9 Å². The molecule has 1 aromatic rings. The molecule has 1 aliphatic rings. The second-order valence-electron chi connectivity index (χ2n) is 7.00. The number of aromatic nitrogens is 1. The van der Waals surface area contributed by atoms with Crippen LogP contribution in [0.25, 0.3) is 0 Å². The number of sulfonamides is 1. The van der Waals surface area contributed by atoms with E-state index in [1.807, 2.05) is 6.92 Å². The minimum atomic E-state index is -3.06. The van der Waals surface area contributed by atoms with Crippen molar-refractivity contribution in [3.63, 3.8) is 0 Å². The van der Waals surface area contributed by atoms with Gasteiger partial charge in [-0.2, -0.15) is 0 Å². The van der Waals surface area contributed by atoms with Crippen LogP contribution < -0.4 is 10.6 Å².